The summed E-state index contributed by atoms with van der Waals surface area (Å²) in [6, 6.07) is -0.902. The number of hydrogen-bond acceptors (Lipinski definition) is 9. The fourth-order valence-electron chi connectivity index (χ4n) is 4.27. The van der Waals surface area contributed by atoms with E-state index in [9.17, 15) is 34.3 Å². The monoisotopic (exact) mass is 540 g/mol. The van der Waals surface area contributed by atoms with Gasteiger partial charge in [-0.15, -0.1) is 0 Å². The van der Waals surface area contributed by atoms with E-state index in [1.807, 2.05) is 13.8 Å². The summed E-state index contributed by atoms with van der Waals surface area (Å²) in [4.78, 5) is 50.6. The summed E-state index contributed by atoms with van der Waals surface area (Å²) >= 11 is 0. The van der Waals surface area contributed by atoms with Crippen LogP contribution in [0.4, 0.5) is 0 Å². The number of aliphatic hydroxyl groups excluding tert-OH is 1. The zero-order valence-corrected chi connectivity index (χ0v) is 23.5. The first kappa shape index (κ1) is 35.9. The van der Waals surface area contributed by atoms with Gasteiger partial charge in [0.25, 0.3) is 0 Å². The molecular formula is C26H49BN4O7. The molecule has 12 heteroatoms. The molecule has 0 fully saturated rings. The van der Waals surface area contributed by atoms with Crippen molar-refractivity contribution in [1.29, 1.82) is 5.41 Å². The van der Waals surface area contributed by atoms with Crippen molar-refractivity contribution in [3.63, 3.8) is 0 Å². The van der Waals surface area contributed by atoms with Gasteiger partial charge < -0.3 is 41.7 Å². The van der Waals surface area contributed by atoms with Crippen LogP contribution in [0.1, 0.15) is 91.9 Å². The molecule has 0 aliphatic rings. The molecule has 38 heavy (non-hydrogen) atoms. The number of unbranched alkanes of at least 4 members (excludes halogenated alkanes) is 2. The predicted molar refractivity (Wildman–Crippen MR) is 147 cm³/mol. The summed E-state index contributed by atoms with van der Waals surface area (Å²) in [7, 11) is -1.77. The number of nitrogens with two attached hydrogens (primary N) is 1. The third kappa shape index (κ3) is 16.0. The molecular weight excluding hydrogens is 491 g/mol. The largest absolute Gasteiger partial charge is 0.475 e. The zero-order chi connectivity index (χ0) is 29.3. The van der Waals surface area contributed by atoms with Crippen molar-refractivity contribution in [2.45, 2.75) is 104 Å². The molecule has 0 aromatic rings. The summed E-state index contributed by atoms with van der Waals surface area (Å²) in [6.07, 6.45) is 3.77. The molecule has 0 aromatic heterocycles. The molecule has 0 heterocycles. The molecule has 8 N–H and O–H groups in total. The van der Waals surface area contributed by atoms with Crippen LogP contribution >= 0.6 is 0 Å². The van der Waals surface area contributed by atoms with Crippen LogP contribution in [-0.4, -0.2) is 76.5 Å². The van der Waals surface area contributed by atoms with E-state index in [2.05, 4.69) is 10.6 Å². The van der Waals surface area contributed by atoms with Crippen LogP contribution in [0.5, 0.6) is 0 Å². The quantitative estimate of drug-likeness (QED) is 0.0596. The topological polar surface area (TPSA) is 203 Å². The molecule has 0 saturated carbocycles. The molecule has 218 valence electrons. The highest BCUT2D eigenvalue weighted by atomic mass is 16.4. The van der Waals surface area contributed by atoms with E-state index in [1.165, 1.54) is 6.92 Å². The number of rotatable bonds is 22. The van der Waals surface area contributed by atoms with Crippen molar-refractivity contribution in [3.05, 3.63) is 0 Å². The van der Waals surface area contributed by atoms with E-state index in [1.54, 1.807) is 6.92 Å². The molecule has 4 atom stereocenters. The van der Waals surface area contributed by atoms with Gasteiger partial charge in [-0.3, -0.25) is 14.4 Å². The molecule has 0 bridgehead atoms. The van der Waals surface area contributed by atoms with Gasteiger partial charge in [0.1, 0.15) is 5.78 Å². The fourth-order valence-corrected chi connectivity index (χ4v) is 4.27. The Hall–Kier alpha value is -2.15. The van der Waals surface area contributed by atoms with Gasteiger partial charge in [0, 0.05) is 24.5 Å². The number of carbonyl (C=O) groups excluding carboxylic acids is 4. The number of ketones is 2. The Kier molecular flexibility index (Phi) is 18.7. The van der Waals surface area contributed by atoms with Crippen LogP contribution in [0.25, 0.3) is 0 Å². The van der Waals surface area contributed by atoms with Gasteiger partial charge in [-0.2, -0.15) is 0 Å². The lowest BCUT2D eigenvalue weighted by atomic mass is 9.75. The first-order valence-electron chi connectivity index (χ1n) is 13.7. The molecule has 0 rings (SSSR count). The Bertz CT molecular complexity index is 764. The maximum absolute atomic E-state index is 13.3. The van der Waals surface area contributed by atoms with Gasteiger partial charge >= 0.3 is 7.12 Å². The molecule has 0 aliphatic carbocycles. The lowest BCUT2D eigenvalue weighted by Gasteiger charge is -2.25. The summed E-state index contributed by atoms with van der Waals surface area (Å²) in [6.45, 7) is 6.74. The number of amides is 2. The van der Waals surface area contributed by atoms with E-state index in [-0.39, 0.29) is 30.3 Å². The standard InChI is InChI=1S/C26H49BN4O7/c1-17(2)13-20(25(35)31-24(27(37)38)11-6-5-9-18(3)29)15-23(34)22(10-7-8-12-28)30-26(36)21(16-32)14-19(4)33/h17,20-22,24,29,32,37-38H,5-16,28H2,1-4H3,(H,30,36)(H,31,35)/t20-,21+,22+,24-/m1/s1. The highest BCUT2D eigenvalue weighted by Gasteiger charge is 2.32. The Morgan fingerprint density at radius 2 is 1.50 bits per heavy atom. The minimum atomic E-state index is -1.77. The predicted octanol–water partition coefficient (Wildman–Crippen LogP) is 0.906. The normalized spacial score (nSPS) is 14.3. The average Bonchev–Trinajstić information content (AvgIpc) is 2.82. The van der Waals surface area contributed by atoms with Crippen molar-refractivity contribution < 1.29 is 34.3 Å². The molecule has 0 spiro atoms. The van der Waals surface area contributed by atoms with E-state index < -0.39 is 49.4 Å². The van der Waals surface area contributed by atoms with Crippen LogP contribution in [0, 0.1) is 23.2 Å². The molecule has 2 amide bonds. The molecule has 0 saturated heterocycles. The van der Waals surface area contributed by atoms with E-state index >= 15 is 0 Å². The minimum absolute atomic E-state index is 0.0752. The van der Waals surface area contributed by atoms with Gasteiger partial charge in [0.05, 0.1) is 24.5 Å². The zero-order valence-electron chi connectivity index (χ0n) is 23.5. The highest BCUT2D eigenvalue weighted by Crippen LogP contribution is 2.20. The van der Waals surface area contributed by atoms with Crippen molar-refractivity contribution in [3.8, 4) is 0 Å². The summed E-state index contributed by atoms with van der Waals surface area (Å²) in [5.74, 6) is -4.21. The summed E-state index contributed by atoms with van der Waals surface area (Å²) in [5, 5.41) is 42.0. The molecule has 11 nitrogen and oxygen atoms in total. The van der Waals surface area contributed by atoms with Crippen molar-refractivity contribution >= 4 is 36.2 Å². The molecule has 0 radical (unpaired) electrons. The van der Waals surface area contributed by atoms with Crippen molar-refractivity contribution in [2.75, 3.05) is 13.2 Å². The highest BCUT2D eigenvalue weighted by molar-refractivity contribution is 6.43. The third-order valence-corrected chi connectivity index (χ3v) is 6.36. The lowest BCUT2D eigenvalue weighted by Crippen LogP contribution is -2.50. The van der Waals surface area contributed by atoms with E-state index in [4.69, 9.17) is 11.1 Å². The number of hydrogen-bond donors (Lipinski definition) is 7. The smallest absolute Gasteiger partial charge is 0.426 e. The Morgan fingerprint density at radius 3 is 2.00 bits per heavy atom. The second-order valence-electron chi connectivity index (χ2n) is 10.7. The van der Waals surface area contributed by atoms with Gasteiger partial charge in [0.2, 0.25) is 11.8 Å². The number of aliphatic hydroxyl groups is 1. The maximum atomic E-state index is 13.3. The molecule has 0 aromatic carbocycles. The van der Waals surface area contributed by atoms with Crippen LogP contribution in [-0.2, 0) is 19.2 Å². The lowest BCUT2D eigenvalue weighted by molar-refractivity contribution is -0.134. The SMILES string of the molecule is CC(=N)CCCC[C@@H](NC(=O)[C@@H](CC(=O)[C@H](CCCCN)NC(=O)[C@H](CO)CC(C)=O)CC(C)C)B(O)O. The number of Topliss-reactive ketones (excluding diaryl/α,β-unsaturated/α-hetero) is 2. The number of nitrogens with one attached hydrogen (secondary N) is 3. The number of carbonyl (C=O) groups is 4. The van der Waals surface area contributed by atoms with Gasteiger partial charge in [-0.25, -0.2) is 0 Å². The van der Waals surface area contributed by atoms with E-state index in [0.717, 1.165) is 0 Å². The second-order valence-corrected chi connectivity index (χ2v) is 10.7. The summed E-state index contributed by atoms with van der Waals surface area (Å²) < 4.78 is 0. The molecule has 0 unspecified atom stereocenters. The van der Waals surface area contributed by atoms with Crippen molar-refractivity contribution in [2.24, 2.45) is 23.5 Å². The third-order valence-electron chi connectivity index (χ3n) is 6.36. The minimum Gasteiger partial charge on any atom is -0.426 e. The van der Waals surface area contributed by atoms with Crippen LogP contribution < -0.4 is 16.4 Å². The summed E-state index contributed by atoms with van der Waals surface area (Å²) in [5.41, 5.74) is 6.11. The fraction of sp³-hybridized carbons (Fsp3) is 0.808. The Morgan fingerprint density at radius 1 is 0.895 bits per heavy atom. The Labute approximate surface area is 227 Å². The first-order chi connectivity index (χ1) is 17.8. The maximum Gasteiger partial charge on any atom is 0.475 e. The second kappa shape index (κ2) is 19.9. The van der Waals surface area contributed by atoms with Crippen molar-refractivity contribution in [1.82, 2.24) is 10.6 Å². The van der Waals surface area contributed by atoms with Crippen LogP contribution in [0.15, 0.2) is 0 Å². The molecule has 0 aliphatic heterocycles. The van der Waals surface area contributed by atoms with Gasteiger partial charge in [0.15, 0.2) is 5.78 Å². The first-order valence-corrected chi connectivity index (χ1v) is 13.7. The average molecular weight is 541 g/mol. The van der Waals surface area contributed by atoms with E-state index in [0.29, 0.717) is 63.6 Å². The van der Waals surface area contributed by atoms with Crippen LogP contribution in [0.2, 0.25) is 0 Å². The van der Waals surface area contributed by atoms with Crippen LogP contribution in [0.3, 0.4) is 0 Å². The van der Waals surface area contributed by atoms with Gasteiger partial charge in [-0.05, 0) is 71.3 Å². The Balaban J connectivity index is 5.53. The van der Waals surface area contributed by atoms with Gasteiger partial charge in [-0.1, -0.05) is 20.3 Å².